The van der Waals surface area contributed by atoms with Crippen molar-refractivity contribution in [3.63, 3.8) is 0 Å². The Morgan fingerprint density at radius 3 is 2.40 bits per heavy atom. The molecule has 1 aliphatic rings. The minimum Gasteiger partial charge on any atom is -0.398 e. The van der Waals surface area contributed by atoms with Crippen molar-refractivity contribution >= 4 is 42.1 Å². The summed E-state index contributed by atoms with van der Waals surface area (Å²) in [7, 11) is 1.88. The molecule has 3 rings (SSSR count). The number of carbonyl (C=O) groups excluding carboxylic acids is 1. The molecule has 1 amide bonds. The first-order valence-electron chi connectivity index (χ1n) is 8.08. The predicted molar refractivity (Wildman–Crippen MR) is 109 cm³/mol. The van der Waals surface area contributed by atoms with Crippen LogP contribution in [0.4, 0.5) is 11.4 Å². The van der Waals surface area contributed by atoms with E-state index in [1.54, 1.807) is 12.1 Å². The van der Waals surface area contributed by atoms with Crippen LogP contribution in [0.3, 0.4) is 0 Å². The van der Waals surface area contributed by atoms with Crippen LogP contribution in [0.2, 0.25) is 0 Å². The number of hydrogen-bond acceptors (Lipinski definition) is 3. The summed E-state index contributed by atoms with van der Waals surface area (Å²) in [5, 5.41) is 0. The predicted octanol–water partition coefficient (Wildman–Crippen LogP) is 3.85. The van der Waals surface area contributed by atoms with Crippen LogP contribution in [0.15, 0.2) is 54.6 Å². The molecule has 1 atom stereocenters. The highest BCUT2D eigenvalue weighted by atomic mass is 35.5. The Hall–Kier alpha value is -1.91. The number of benzene rings is 2. The highest BCUT2D eigenvalue weighted by Crippen LogP contribution is 2.23. The summed E-state index contributed by atoms with van der Waals surface area (Å²) in [6, 6.07) is 17.9. The first kappa shape index (κ1) is 21.1. The molecule has 0 spiro atoms. The number of piperidine rings is 1. The second-order valence-corrected chi connectivity index (χ2v) is 6.08. The summed E-state index contributed by atoms with van der Waals surface area (Å²) in [6.07, 6.45) is 2.11. The molecule has 1 fully saturated rings. The Balaban J connectivity index is 0.00000156. The van der Waals surface area contributed by atoms with Gasteiger partial charge in [0.1, 0.15) is 0 Å². The highest BCUT2D eigenvalue weighted by molar-refractivity contribution is 5.99. The van der Waals surface area contributed by atoms with E-state index in [0.29, 0.717) is 11.3 Å². The zero-order valence-electron chi connectivity index (χ0n) is 14.3. The van der Waals surface area contributed by atoms with Crippen molar-refractivity contribution in [1.82, 2.24) is 4.90 Å². The van der Waals surface area contributed by atoms with Crippen LogP contribution >= 0.6 is 24.8 Å². The molecule has 0 saturated carbocycles. The van der Waals surface area contributed by atoms with E-state index in [-0.39, 0.29) is 36.8 Å². The Labute approximate surface area is 161 Å². The van der Waals surface area contributed by atoms with Gasteiger partial charge in [-0.05, 0) is 37.1 Å². The fourth-order valence-corrected chi connectivity index (χ4v) is 3.19. The summed E-state index contributed by atoms with van der Waals surface area (Å²) in [5.74, 6) is 0.00279. The lowest BCUT2D eigenvalue weighted by Crippen LogP contribution is -2.48. The van der Waals surface area contributed by atoms with E-state index in [0.717, 1.165) is 25.9 Å². The molecule has 0 radical (unpaired) electrons. The van der Waals surface area contributed by atoms with Gasteiger partial charge in [0.15, 0.2) is 0 Å². The van der Waals surface area contributed by atoms with Gasteiger partial charge in [0.2, 0.25) is 0 Å². The number of hydrogen-bond donors (Lipinski definition) is 1. The maximum Gasteiger partial charge on any atom is 0.255 e. The topological polar surface area (TPSA) is 49.6 Å². The van der Waals surface area contributed by atoms with Gasteiger partial charge in [-0.1, -0.05) is 30.3 Å². The smallest absolute Gasteiger partial charge is 0.255 e. The standard InChI is InChI=1S/C19H23N3O.2ClH/c1-21(19(23)17-11-5-6-12-18(17)20)16-10-7-13-22(14-16)15-8-3-2-4-9-15;;/h2-6,8-9,11-12,16H,7,10,13-14,20H2,1H3;2*1H. The van der Waals surface area contributed by atoms with Crippen molar-refractivity contribution in [2.24, 2.45) is 0 Å². The number of halogens is 2. The third-order valence-electron chi connectivity index (χ3n) is 4.58. The zero-order valence-corrected chi connectivity index (χ0v) is 15.9. The maximum atomic E-state index is 12.7. The molecule has 6 heteroatoms. The summed E-state index contributed by atoms with van der Waals surface area (Å²) < 4.78 is 0. The third kappa shape index (κ3) is 4.80. The lowest BCUT2D eigenvalue weighted by molar-refractivity contribution is 0.0718. The largest absolute Gasteiger partial charge is 0.398 e. The highest BCUT2D eigenvalue weighted by Gasteiger charge is 2.27. The van der Waals surface area contributed by atoms with E-state index in [9.17, 15) is 4.79 Å². The van der Waals surface area contributed by atoms with E-state index < -0.39 is 0 Å². The molecule has 2 aromatic carbocycles. The second kappa shape index (κ2) is 9.54. The van der Waals surface area contributed by atoms with Gasteiger partial charge in [0.05, 0.1) is 5.56 Å². The summed E-state index contributed by atoms with van der Waals surface area (Å²) in [6.45, 7) is 1.90. The molecule has 2 aromatic rings. The van der Waals surface area contributed by atoms with Crippen molar-refractivity contribution in [3.05, 3.63) is 60.2 Å². The molecule has 0 bridgehead atoms. The number of likely N-dealkylation sites (N-methyl/N-ethyl adjacent to an activating group) is 1. The van der Waals surface area contributed by atoms with Gasteiger partial charge < -0.3 is 15.5 Å². The molecule has 136 valence electrons. The van der Waals surface area contributed by atoms with Crippen LogP contribution in [-0.4, -0.2) is 37.0 Å². The van der Waals surface area contributed by atoms with E-state index in [2.05, 4.69) is 29.2 Å². The summed E-state index contributed by atoms with van der Waals surface area (Å²) >= 11 is 0. The monoisotopic (exact) mass is 381 g/mol. The van der Waals surface area contributed by atoms with Crippen molar-refractivity contribution in [3.8, 4) is 0 Å². The lowest BCUT2D eigenvalue weighted by atomic mass is 10.0. The molecule has 0 aliphatic carbocycles. The fraction of sp³-hybridized carbons (Fsp3) is 0.316. The third-order valence-corrected chi connectivity index (χ3v) is 4.58. The number of rotatable bonds is 3. The maximum absolute atomic E-state index is 12.7. The summed E-state index contributed by atoms with van der Waals surface area (Å²) in [4.78, 5) is 16.9. The van der Waals surface area contributed by atoms with Crippen LogP contribution in [-0.2, 0) is 0 Å². The van der Waals surface area contributed by atoms with Crippen molar-refractivity contribution in [2.45, 2.75) is 18.9 Å². The minimum atomic E-state index is 0. The Kier molecular flexibility index (Phi) is 8.07. The molecule has 4 nitrogen and oxygen atoms in total. The van der Waals surface area contributed by atoms with Crippen LogP contribution in [0.25, 0.3) is 0 Å². The van der Waals surface area contributed by atoms with E-state index >= 15 is 0 Å². The van der Waals surface area contributed by atoms with E-state index in [1.165, 1.54) is 5.69 Å². The van der Waals surface area contributed by atoms with Crippen molar-refractivity contribution in [1.29, 1.82) is 0 Å². The Morgan fingerprint density at radius 2 is 1.72 bits per heavy atom. The minimum absolute atomic E-state index is 0. The van der Waals surface area contributed by atoms with Gasteiger partial charge in [-0.25, -0.2) is 0 Å². The van der Waals surface area contributed by atoms with Crippen LogP contribution in [0, 0.1) is 0 Å². The Bertz CT molecular complexity index is 681. The van der Waals surface area contributed by atoms with Crippen molar-refractivity contribution < 1.29 is 4.79 Å². The van der Waals surface area contributed by atoms with E-state index in [4.69, 9.17) is 5.73 Å². The van der Waals surface area contributed by atoms with Crippen LogP contribution in [0.1, 0.15) is 23.2 Å². The van der Waals surface area contributed by atoms with Gasteiger partial charge >= 0.3 is 0 Å². The van der Waals surface area contributed by atoms with Gasteiger partial charge in [-0.15, -0.1) is 24.8 Å². The first-order valence-corrected chi connectivity index (χ1v) is 8.08. The van der Waals surface area contributed by atoms with E-state index in [1.807, 2.05) is 30.1 Å². The molecular formula is C19H25Cl2N3O. The van der Waals surface area contributed by atoms with Crippen LogP contribution in [0.5, 0.6) is 0 Å². The number of nitrogen functional groups attached to an aromatic ring is 1. The molecule has 1 aliphatic heterocycles. The molecule has 25 heavy (non-hydrogen) atoms. The number of nitrogens with two attached hydrogens (primary N) is 1. The lowest BCUT2D eigenvalue weighted by Gasteiger charge is -2.39. The second-order valence-electron chi connectivity index (χ2n) is 6.08. The number of para-hydroxylation sites is 2. The van der Waals surface area contributed by atoms with Crippen LogP contribution < -0.4 is 10.6 Å². The molecule has 1 saturated heterocycles. The van der Waals surface area contributed by atoms with Crippen molar-refractivity contribution in [2.75, 3.05) is 30.8 Å². The van der Waals surface area contributed by atoms with Gasteiger partial charge in [0.25, 0.3) is 5.91 Å². The number of anilines is 2. The number of nitrogens with zero attached hydrogens (tertiary/aromatic N) is 2. The molecule has 1 unspecified atom stereocenters. The molecular weight excluding hydrogens is 357 g/mol. The zero-order chi connectivity index (χ0) is 16.2. The van der Waals surface area contributed by atoms with Gasteiger partial charge in [-0.3, -0.25) is 4.79 Å². The van der Waals surface area contributed by atoms with Gasteiger partial charge in [-0.2, -0.15) is 0 Å². The number of amides is 1. The summed E-state index contributed by atoms with van der Waals surface area (Å²) in [5.41, 5.74) is 8.30. The molecule has 2 N–H and O–H groups in total. The quantitative estimate of drug-likeness (QED) is 0.821. The normalized spacial score (nSPS) is 16.4. The molecule has 0 aromatic heterocycles. The fourth-order valence-electron chi connectivity index (χ4n) is 3.19. The SMILES string of the molecule is CN(C(=O)c1ccccc1N)C1CCCN(c2ccccc2)C1.Cl.Cl. The first-order chi connectivity index (χ1) is 11.2. The Morgan fingerprint density at radius 1 is 1.08 bits per heavy atom. The average Bonchev–Trinajstić information content (AvgIpc) is 2.62. The molecule has 1 heterocycles. The van der Waals surface area contributed by atoms with Gasteiger partial charge in [0, 0.05) is 37.6 Å². The average molecular weight is 382 g/mol. The number of carbonyl (C=O) groups is 1.